The summed E-state index contributed by atoms with van der Waals surface area (Å²) in [6.07, 6.45) is 0. The van der Waals surface area contributed by atoms with Gasteiger partial charge < -0.3 is 15.2 Å². The maximum atomic E-state index is 9.39. The van der Waals surface area contributed by atoms with Gasteiger partial charge in [-0.2, -0.15) is 0 Å². The van der Waals surface area contributed by atoms with Gasteiger partial charge in [0.05, 0.1) is 7.11 Å². The Morgan fingerprint density at radius 2 is 2.00 bits per heavy atom. The first-order valence-corrected chi connectivity index (χ1v) is 6.75. The third kappa shape index (κ3) is 3.41. The Hall–Kier alpha value is -1.68. The Bertz CT molecular complexity index is 584. The van der Waals surface area contributed by atoms with Crippen LogP contribution in [0.3, 0.4) is 0 Å². The minimum absolute atomic E-state index is 0.281. The largest absolute Gasteiger partial charge is 0.508 e. The first kappa shape index (κ1) is 13.7. The van der Waals surface area contributed by atoms with Crippen LogP contribution in [0.4, 0.5) is 5.69 Å². The van der Waals surface area contributed by atoms with Crippen molar-refractivity contribution >= 4 is 21.6 Å². The molecule has 4 heteroatoms. The van der Waals surface area contributed by atoms with E-state index in [1.54, 1.807) is 19.2 Å². The van der Waals surface area contributed by atoms with Gasteiger partial charge in [-0.3, -0.25) is 0 Å². The second kappa shape index (κ2) is 5.97. The normalized spacial score (nSPS) is 10.3. The molecular weight excluding hydrogens is 306 g/mol. The van der Waals surface area contributed by atoms with Crippen LogP contribution >= 0.6 is 15.9 Å². The van der Waals surface area contributed by atoms with E-state index in [4.69, 9.17) is 4.74 Å². The van der Waals surface area contributed by atoms with E-state index < -0.39 is 0 Å². The monoisotopic (exact) mass is 321 g/mol. The first-order valence-electron chi connectivity index (χ1n) is 5.96. The van der Waals surface area contributed by atoms with E-state index in [1.165, 1.54) is 0 Å². The zero-order valence-corrected chi connectivity index (χ0v) is 12.5. The molecule has 0 aliphatic rings. The maximum absolute atomic E-state index is 9.39. The summed E-state index contributed by atoms with van der Waals surface area (Å²) in [5.41, 5.74) is 3.08. The molecule has 100 valence electrons. The molecule has 2 aromatic carbocycles. The molecule has 0 aromatic heterocycles. The van der Waals surface area contributed by atoms with Crippen LogP contribution < -0.4 is 10.1 Å². The highest BCUT2D eigenvalue weighted by atomic mass is 79.9. The molecule has 0 saturated carbocycles. The Morgan fingerprint density at radius 3 is 2.68 bits per heavy atom. The molecule has 2 rings (SSSR count). The number of anilines is 1. The van der Waals surface area contributed by atoms with Crippen LogP contribution in [-0.4, -0.2) is 12.2 Å². The number of benzene rings is 2. The maximum Gasteiger partial charge on any atom is 0.123 e. The fourth-order valence-corrected chi connectivity index (χ4v) is 2.33. The quantitative estimate of drug-likeness (QED) is 0.833. The molecule has 0 aliphatic carbocycles. The summed E-state index contributed by atoms with van der Waals surface area (Å²) in [7, 11) is 1.67. The van der Waals surface area contributed by atoms with E-state index in [1.807, 2.05) is 31.2 Å². The highest BCUT2D eigenvalue weighted by Crippen LogP contribution is 2.25. The summed E-state index contributed by atoms with van der Waals surface area (Å²) in [6, 6.07) is 11.2. The molecule has 0 fully saturated rings. The van der Waals surface area contributed by atoms with Crippen LogP contribution in [0.1, 0.15) is 11.1 Å². The number of hydrogen-bond donors (Lipinski definition) is 2. The van der Waals surface area contributed by atoms with E-state index in [0.29, 0.717) is 6.54 Å². The molecule has 0 amide bonds. The van der Waals surface area contributed by atoms with Gasteiger partial charge in [-0.15, -0.1) is 0 Å². The lowest BCUT2D eigenvalue weighted by atomic mass is 10.1. The average Bonchev–Trinajstić information content (AvgIpc) is 2.38. The van der Waals surface area contributed by atoms with Crippen molar-refractivity contribution in [2.24, 2.45) is 0 Å². The average molecular weight is 322 g/mol. The fraction of sp³-hybridized carbons (Fsp3) is 0.200. The molecule has 0 bridgehead atoms. The second-order valence-corrected chi connectivity index (χ2v) is 5.22. The number of aromatic hydroxyl groups is 1. The molecule has 19 heavy (non-hydrogen) atoms. The standard InChI is InChI=1S/C15H16BrNO2/c1-10-7-13(18)4-5-14(10)17-9-11-8-12(16)3-6-15(11)19-2/h3-8,17-18H,9H2,1-2H3. The highest BCUT2D eigenvalue weighted by molar-refractivity contribution is 9.10. The Kier molecular flexibility index (Phi) is 4.32. The Morgan fingerprint density at radius 1 is 1.21 bits per heavy atom. The molecule has 0 spiro atoms. The van der Waals surface area contributed by atoms with Crippen LogP contribution in [0.2, 0.25) is 0 Å². The zero-order valence-electron chi connectivity index (χ0n) is 10.9. The van der Waals surface area contributed by atoms with Crippen LogP contribution in [-0.2, 0) is 6.54 Å². The predicted molar refractivity (Wildman–Crippen MR) is 80.9 cm³/mol. The van der Waals surface area contributed by atoms with Gasteiger partial charge >= 0.3 is 0 Å². The van der Waals surface area contributed by atoms with Gasteiger partial charge in [-0.25, -0.2) is 0 Å². The number of hydrogen-bond acceptors (Lipinski definition) is 3. The van der Waals surface area contributed by atoms with Gasteiger partial charge in [0, 0.05) is 22.3 Å². The highest BCUT2D eigenvalue weighted by Gasteiger charge is 2.05. The SMILES string of the molecule is COc1ccc(Br)cc1CNc1ccc(O)cc1C. The van der Waals surface area contributed by atoms with E-state index >= 15 is 0 Å². The number of rotatable bonds is 4. The number of nitrogens with one attached hydrogen (secondary N) is 1. The molecule has 0 atom stereocenters. The van der Waals surface area contributed by atoms with E-state index in [-0.39, 0.29) is 5.75 Å². The lowest BCUT2D eigenvalue weighted by molar-refractivity contribution is 0.410. The van der Waals surface area contributed by atoms with Crippen molar-refractivity contribution in [1.29, 1.82) is 0 Å². The third-order valence-corrected chi connectivity index (χ3v) is 3.41. The molecule has 2 N–H and O–H groups in total. The van der Waals surface area contributed by atoms with E-state index in [0.717, 1.165) is 27.0 Å². The van der Waals surface area contributed by atoms with Gasteiger partial charge in [0.2, 0.25) is 0 Å². The molecule has 0 unspecified atom stereocenters. The lowest BCUT2D eigenvalue weighted by Crippen LogP contribution is -2.03. The van der Waals surface area contributed by atoms with E-state index in [9.17, 15) is 5.11 Å². The molecule has 0 radical (unpaired) electrons. The number of aryl methyl sites for hydroxylation is 1. The van der Waals surface area contributed by atoms with Crippen molar-refractivity contribution in [3.8, 4) is 11.5 Å². The second-order valence-electron chi connectivity index (χ2n) is 4.31. The van der Waals surface area contributed by atoms with Gasteiger partial charge in [-0.05, 0) is 48.9 Å². The minimum atomic E-state index is 0.281. The van der Waals surface area contributed by atoms with Gasteiger partial charge in [0.15, 0.2) is 0 Å². The predicted octanol–water partition coefficient (Wildman–Crippen LogP) is 4.08. The molecule has 0 aliphatic heterocycles. The summed E-state index contributed by atoms with van der Waals surface area (Å²) in [5.74, 6) is 1.13. The summed E-state index contributed by atoms with van der Waals surface area (Å²) in [5, 5.41) is 12.7. The molecule has 0 heterocycles. The fourth-order valence-electron chi connectivity index (χ4n) is 1.92. The lowest BCUT2D eigenvalue weighted by Gasteiger charge is -2.13. The van der Waals surface area contributed by atoms with Crippen molar-refractivity contribution in [2.45, 2.75) is 13.5 Å². The van der Waals surface area contributed by atoms with Crippen molar-refractivity contribution in [3.05, 3.63) is 52.0 Å². The topological polar surface area (TPSA) is 41.5 Å². The first-order chi connectivity index (χ1) is 9.10. The summed E-state index contributed by atoms with van der Waals surface area (Å²) >= 11 is 3.46. The van der Waals surface area contributed by atoms with Crippen molar-refractivity contribution in [1.82, 2.24) is 0 Å². The Balaban J connectivity index is 2.16. The van der Waals surface area contributed by atoms with Crippen molar-refractivity contribution < 1.29 is 9.84 Å². The summed E-state index contributed by atoms with van der Waals surface area (Å²) in [6.45, 7) is 2.62. The van der Waals surface area contributed by atoms with Gasteiger partial charge in [-0.1, -0.05) is 15.9 Å². The number of halogens is 1. The minimum Gasteiger partial charge on any atom is -0.508 e. The summed E-state index contributed by atoms with van der Waals surface area (Å²) in [4.78, 5) is 0. The molecule has 0 saturated heterocycles. The smallest absolute Gasteiger partial charge is 0.123 e. The van der Waals surface area contributed by atoms with Gasteiger partial charge in [0.1, 0.15) is 11.5 Å². The van der Waals surface area contributed by atoms with Crippen LogP contribution in [0, 0.1) is 6.92 Å². The number of phenols is 1. The van der Waals surface area contributed by atoms with Gasteiger partial charge in [0.25, 0.3) is 0 Å². The molecule has 3 nitrogen and oxygen atoms in total. The third-order valence-electron chi connectivity index (χ3n) is 2.92. The van der Waals surface area contributed by atoms with E-state index in [2.05, 4.69) is 21.2 Å². The van der Waals surface area contributed by atoms with Crippen molar-refractivity contribution in [2.75, 3.05) is 12.4 Å². The van der Waals surface area contributed by atoms with Crippen LogP contribution in [0.5, 0.6) is 11.5 Å². The summed E-state index contributed by atoms with van der Waals surface area (Å²) < 4.78 is 6.36. The number of ether oxygens (including phenoxy) is 1. The number of phenolic OH excluding ortho intramolecular Hbond substituents is 1. The molecule has 2 aromatic rings. The number of methoxy groups -OCH3 is 1. The van der Waals surface area contributed by atoms with Crippen LogP contribution in [0.25, 0.3) is 0 Å². The zero-order chi connectivity index (χ0) is 13.8. The van der Waals surface area contributed by atoms with Crippen LogP contribution in [0.15, 0.2) is 40.9 Å². The van der Waals surface area contributed by atoms with Crippen molar-refractivity contribution in [3.63, 3.8) is 0 Å². The Labute approximate surface area is 121 Å². The molecular formula is C15H16BrNO2.